The second kappa shape index (κ2) is 2.80. The van der Waals surface area contributed by atoms with Crippen molar-refractivity contribution in [3.05, 3.63) is 40.3 Å². The van der Waals surface area contributed by atoms with Crippen LogP contribution in [0.15, 0.2) is 24.4 Å². The average Bonchev–Trinajstić information content (AvgIpc) is 2.49. The number of aromatic nitrogens is 1. The van der Waals surface area contributed by atoms with Crippen LogP contribution in [0.25, 0.3) is 10.9 Å². The van der Waals surface area contributed by atoms with E-state index >= 15 is 0 Å². The Bertz CT molecular complexity index is 519. The Morgan fingerprint density at radius 1 is 1.43 bits per heavy atom. The molecular formula is C9H7FN2O2. The largest absolute Gasteiger partial charge is 0.350 e. The van der Waals surface area contributed by atoms with Crippen molar-refractivity contribution in [1.29, 1.82) is 0 Å². The second-order valence-electron chi connectivity index (χ2n) is 3.02. The fourth-order valence-corrected chi connectivity index (χ4v) is 1.44. The topological polar surface area (TPSA) is 48.1 Å². The van der Waals surface area contributed by atoms with Crippen LogP contribution in [-0.4, -0.2) is 9.49 Å². The van der Waals surface area contributed by atoms with Gasteiger partial charge < -0.3 is 4.57 Å². The number of benzene rings is 1. The van der Waals surface area contributed by atoms with Crippen molar-refractivity contribution in [2.45, 2.75) is 0 Å². The lowest BCUT2D eigenvalue weighted by molar-refractivity contribution is -0.387. The molecule has 0 aliphatic carbocycles. The van der Waals surface area contributed by atoms with E-state index in [1.807, 2.05) is 0 Å². The average molecular weight is 194 g/mol. The van der Waals surface area contributed by atoms with Crippen LogP contribution < -0.4 is 0 Å². The van der Waals surface area contributed by atoms with E-state index in [0.29, 0.717) is 5.52 Å². The molecular weight excluding hydrogens is 187 g/mol. The number of fused-ring (bicyclic) bond motifs is 1. The molecule has 0 aliphatic rings. The Hall–Kier alpha value is -1.91. The van der Waals surface area contributed by atoms with Gasteiger partial charge in [-0.15, -0.1) is 0 Å². The van der Waals surface area contributed by atoms with Gasteiger partial charge in [0.25, 0.3) is 0 Å². The molecule has 0 unspecified atom stereocenters. The summed E-state index contributed by atoms with van der Waals surface area (Å²) in [7, 11) is 1.76. The maximum absolute atomic E-state index is 13.5. The smallest absolute Gasteiger partial charge is 0.305 e. The summed E-state index contributed by atoms with van der Waals surface area (Å²) in [5.74, 6) is -0.770. The van der Waals surface area contributed by atoms with Crippen LogP contribution >= 0.6 is 0 Å². The summed E-state index contributed by atoms with van der Waals surface area (Å²) in [4.78, 5) is 9.71. The Labute approximate surface area is 78.7 Å². The van der Waals surface area contributed by atoms with Crippen molar-refractivity contribution >= 4 is 16.6 Å². The number of nitro groups is 1. The first-order valence-electron chi connectivity index (χ1n) is 3.99. The molecule has 1 aromatic heterocycles. The number of hydrogen-bond acceptors (Lipinski definition) is 2. The van der Waals surface area contributed by atoms with Crippen molar-refractivity contribution in [3.63, 3.8) is 0 Å². The highest BCUT2D eigenvalue weighted by molar-refractivity contribution is 5.83. The van der Waals surface area contributed by atoms with E-state index < -0.39 is 16.4 Å². The third-order valence-corrected chi connectivity index (χ3v) is 2.18. The highest BCUT2D eigenvalue weighted by Crippen LogP contribution is 2.26. The quantitative estimate of drug-likeness (QED) is 0.516. The molecule has 5 heteroatoms. The molecule has 1 heterocycles. The Balaban J connectivity index is 2.82. The molecule has 0 radical (unpaired) electrons. The predicted octanol–water partition coefficient (Wildman–Crippen LogP) is 2.23. The van der Waals surface area contributed by atoms with Crippen molar-refractivity contribution in [3.8, 4) is 0 Å². The lowest BCUT2D eigenvalue weighted by atomic mass is 10.2. The molecule has 14 heavy (non-hydrogen) atoms. The molecule has 0 N–H and O–H groups in total. The van der Waals surface area contributed by atoms with Gasteiger partial charge in [-0.1, -0.05) is 0 Å². The summed E-state index contributed by atoms with van der Waals surface area (Å²) in [5.41, 5.74) is 0.164. The van der Waals surface area contributed by atoms with Gasteiger partial charge in [-0.2, -0.15) is 4.39 Å². The normalized spacial score (nSPS) is 10.7. The van der Waals surface area contributed by atoms with Gasteiger partial charge in [0.2, 0.25) is 5.82 Å². The van der Waals surface area contributed by atoms with E-state index in [-0.39, 0.29) is 5.39 Å². The summed E-state index contributed by atoms with van der Waals surface area (Å²) in [6.45, 7) is 0. The summed E-state index contributed by atoms with van der Waals surface area (Å²) in [6.07, 6.45) is 1.66. The lowest BCUT2D eigenvalue weighted by Crippen LogP contribution is -1.93. The fourth-order valence-electron chi connectivity index (χ4n) is 1.44. The molecule has 72 valence electrons. The van der Waals surface area contributed by atoms with E-state index in [4.69, 9.17) is 0 Å². The van der Waals surface area contributed by atoms with Crippen molar-refractivity contribution in [2.75, 3.05) is 0 Å². The van der Waals surface area contributed by atoms with Gasteiger partial charge >= 0.3 is 5.69 Å². The fraction of sp³-hybridized carbons (Fsp3) is 0.111. The minimum absolute atomic E-state index is 0.279. The van der Waals surface area contributed by atoms with Crippen molar-refractivity contribution in [1.82, 2.24) is 4.57 Å². The molecule has 0 aliphatic heterocycles. The minimum atomic E-state index is -0.770. The molecule has 0 fully saturated rings. The molecule has 1 aromatic carbocycles. The third kappa shape index (κ3) is 1.06. The molecule has 2 aromatic rings. The van der Waals surface area contributed by atoms with Gasteiger partial charge in [-0.25, -0.2) is 0 Å². The number of aryl methyl sites for hydroxylation is 1. The maximum atomic E-state index is 13.5. The molecule has 0 saturated heterocycles. The highest BCUT2D eigenvalue weighted by atomic mass is 19.1. The van der Waals surface area contributed by atoms with Crippen LogP contribution in [0.2, 0.25) is 0 Å². The van der Waals surface area contributed by atoms with E-state index in [2.05, 4.69) is 0 Å². The maximum Gasteiger partial charge on any atom is 0.305 e. The summed E-state index contributed by atoms with van der Waals surface area (Å²) in [5, 5.41) is 10.7. The predicted molar refractivity (Wildman–Crippen MR) is 49.5 cm³/mol. The second-order valence-corrected chi connectivity index (χ2v) is 3.02. The van der Waals surface area contributed by atoms with Gasteiger partial charge in [-0.3, -0.25) is 10.1 Å². The van der Waals surface area contributed by atoms with Crippen LogP contribution in [0.1, 0.15) is 0 Å². The molecule has 0 amide bonds. The zero-order valence-corrected chi connectivity index (χ0v) is 7.40. The number of rotatable bonds is 1. The van der Waals surface area contributed by atoms with Gasteiger partial charge in [0.15, 0.2) is 0 Å². The Morgan fingerprint density at radius 3 is 2.79 bits per heavy atom. The first-order chi connectivity index (χ1) is 6.61. The number of hydrogen-bond donors (Lipinski definition) is 0. The SMILES string of the molecule is Cn1ccc2c(F)c([N+](=O)[O-])ccc21. The van der Waals surface area contributed by atoms with Crippen LogP contribution in [0.5, 0.6) is 0 Å². The summed E-state index contributed by atoms with van der Waals surface area (Å²) in [6, 6.07) is 4.24. The van der Waals surface area contributed by atoms with E-state index in [1.54, 1.807) is 17.8 Å². The Kier molecular flexibility index (Phi) is 1.73. The first kappa shape index (κ1) is 8.68. The first-order valence-corrected chi connectivity index (χ1v) is 3.99. The van der Waals surface area contributed by atoms with E-state index in [9.17, 15) is 14.5 Å². The van der Waals surface area contributed by atoms with Gasteiger partial charge in [0.1, 0.15) is 0 Å². The summed E-state index contributed by atoms with van der Waals surface area (Å²) < 4.78 is 15.2. The van der Waals surface area contributed by atoms with Crippen LogP contribution in [0.3, 0.4) is 0 Å². The van der Waals surface area contributed by atoms with Crippen LogP contribution in [0, 0.1) is 15.9 Å². The lowest BCUT2D eigenvalue weighted by Gasteiger charge is -1.97. The highest BCUT2D eigenvalue weighted by Gasteiger charge is 2.17. The Morgan fingerprint density at radius 2 is 2.14 bits per heavy atom. The molecule has 0 saturated carbocycles. The number of halogens is 1. The van der Waals surface area contributed by atoms with E-state index in [1.165, 1.54) is 18.2 Å². The van der Waals surface area contributed by atoms with Crippen LogP contribution in [-0.2, 0) is 7.05 Å². The van der Waals surface area contributed by atoms with Gasteiger partial charge in [0.05, 0.1) is 10.4 Å². The minimum Gasteiger partial charge on any atom is -0.350 e. The van der Waals surface area contributed by atoms with Crippen molar-refractivity contribution in [2.24, 2.45) is 7.05 Å². The van der Waals surface area contributed by atoms with Crippen molar-refractivity contribution < 1.29 is 9.31 Å². The van der Waals surface area contributed by atoms with Gasteiger partial charge in [0, 0.05) is 24.7 Å². The molecule has 0 bridgehead atoms. The third-order valence-electron chi connectivity index (χ3n) is 2.18. The standard InChI is InChI=1S/C9H7FN2O2/c1-11-5-4-6-7(11)2-3-8(9(6)10)12(13)14/h2-5H,1H3. The number of nitrogens with zero attached hydrogens (tertiary/aromatic N) is 2. The molecule has 2 rings (SSSR count). The zero-order valence-electron chi connectivity index (χ0n) is 7.40. The van der Waals surface area contributed by atoms with E-state index in [0.717, 1.165) is 0 Å². The monoisotopic (exact) mass is 194 g/mol. The van der Waals surface area contributed by atoms with Gasteiger partial charge in [-0.05, 0) is 12.1 Å². The zero-order chi connectivity index (χ0) is 10.3. The summed E-state index contributed by atoms with van der Waals surface area (Å²) >= 11 is 0. The van der Waals surface area contributed by atoms with Crippen LogP contribution in [0.4, 0.5) is 10.1 Å². The molecule has 4 nitrogen and oxygen atoms in total. The number of nitro benzene ring substituents is 1. The molecule has 0 atom stereocenters. The molecule has 0 spiro atoms.